The highest BCUT2D eigenvalue weighted by Crippen LogP contribution is 2.28. The van der Waals surface area contributed by atoms with Gasteiger partial charge in [0, 0.05) is 14.7 Å². The molecule has 0 aliphatic carbocycles. The molecule has 0 aliphatic rings. The fraction of sp³-hybridized carbons (Fsp3) is 0.231. The Kier molecular flexibility index (Phi) is 4.77. The van der Waals surface area contributed by atoms with E-state index in [1.807, 2.05) is 18.2 Å². The van der Waals surface area contributed by atoms with E-state index in [0.717, 1.165) is 16.6 Å². The largest absolute Gasteiger partial charge is 0.497 e. The molecule has 1 heterocycles. The first kappa shape index (κ1) is 13.5. The van der Waals surface area contributed by atoms with Gasteiger partial charge in [0.15, 0.2) is 0 Å². The Hall–Kier alpha value is -0.880. The molecule has 3 nitrogen and oxygen atoms in total. The molecule has 1 atom stereocenters. The van der Waals surface area contributed by atoms with Crippen molar-refractivity contribution in [1.29, 1.82) is 0 Å². The maximum absolute atomic E-state index is 5.64. The number of ether oxygens (including phenoxy) is 1. The Morgan fingerprint density at radius 1 is 1.44 bits per heavy atom. The molecule has 3 N–H and O–H groups in total. The molecule has 0 spiro atoms. The molecule has 2 rings (SSSR count). The van der Waals surface area contributed by atoms with Gasteiger partial charge >= 0.3 is 0 Å². The molecular formula is C13H15BrN2OS. The summed E-state index contributed by atoms with van der Waals surface area (Å²) in [7, 11) is 1.67. The first-order valence-corrected chi connectivity index (χ1v) is 7.23. The molecule has 96 valence electrons. The van der Waals surface area contributed by atoms with E-state index in [1.165, 1.54) is 10.4 Å². The zero-order valence-corrected chi connectivity index (χ0v) is 12.4. The van der Waals surface area contributed by atoms with Crippen molar-refractivity contribution in [3.8, 4) is 5.75 Å². The third kappa shape index (κ3) is 3.32. The zero-order valence-electron chi connectivity index (χ0n) is 10.0. The minimum absolute atomic E-state index is 0.119. The van der Waals surface area contributed by atoms with Crippen LogP contribution in [0.5, 0.6) is 5.75 Å². The van der Waals surface area contributed by atoms with E-state index in [2.05, 4.69) is 38.9 Å². The van der Waals surface area contributed by atoms with Crippen LogP contribution in [0.25, 0.3) is 0 Å². The molecule has 0 bridgehead atoms. The van der Waals surface area contributed by atoms with Crippen molar-refractivity contribution in [2.75, 3.05) is 7.11 Å². The number of hydrogen-bond acceptors (Lipinski definition) is 4. The second kappa shape index (κ2) is 6.33. The fourth-order valence-electron chi connectivity index (χ4n) is 1.79. The Labute approximate surface area is 119 Å². The third-order valence-corrected chi connectivity index (χ3v) is 4.51. The normalized spacial score (nSPS) is 12.4. The number of rotatable bonds is 5. The van der Waals surface area contributed by atoms with E-state index in [1.54, 1.807) is 18.4 Å². The van der Waals surface area contributed by atoms with Crippen LogP contribution in [-0.4, -0.2) is 7.11 Å². The van der Waals surface area contributed by atoms with Gasteiger partial charge in [-0.3, -0.25) is 11.3 Å². The number of halogens is 1. The molecule has 0 aliphatic heterocycles. The summed E-state index contributed by atoms with van der Waals surface area (Å²) in [4.78, 5) is 1.21. The van der Waals surface area contributed by atoms with Crippen LogP contribution in [0.2, 0.25) is 0 Å². The lowest BCUT2D eigenvalue weighted by molar-refractivity contribution is 0.414. The molecule has 0 radical (unpaired) electrons. The van der Waals surface area contributed by atoms with E-state index in [-0.39, 0.29) is 6.04 Å². The summed E-state index contributed by atoms with van der Waals surface area (Å²) in [5.74, 6) is 6.51. The summed E-state index contributed by atoms with van der Waals surface area (Å²) in [5.41, 5.74) is 4.06. The standard InChI is InChI=1S/C13H15BrN2OS/c1-17-11-4-2-3-9(5-11)6-12(16-15)13-7-10(14)8-18-13/h2-5,7-8,12,16H,6,15H2,1H3. The van der Waals surface area contributed by atoms with Gasteiger partial charge in [0.2, 0.25) is 0 Å². The lowest BCUT2D eigenvalue weighted by atomic mass is 10.0. The second-order valence-electron chi connectivity index (χ2n) is 3.94. The van der Waals surface area contributed by atoms with Crippen molar-refractivity contribution < 1.29 is 4.74 Å². The quantitative estimate of drug-likeness (QED) is 0.654. The van der Waals surface area contributed by atoms with Crippen LogP contribution < -0.4 is 16.0 Å². The number of benzene rings is 1. The Morgan fingerprint density at radius 3 is 2.89 bits per heavy atom. The van der Waals surface area contributed by atoms with Gasteiger partial charge in [0.25, 0.3) is 0 Å². The number of nitrogens with one attached hydrogen (secondary N) is 1. The monoisotopic (exact) mass is 326 g/mol. The summed E-state index contributed by atoms with van der Waals surface area (Å²) < 4.78 is 6.31. The van der Waals surface area contributed by atoms with E-state index in [4.69, 9.17) is 10.6 Å². The third-order valence-electron chi connectivity index (χ3n) is 2.71. The minimum Gasteiger partial charge on any atom is -0.497 e. The number of nitrogens with two attached hydrogens (primary N) is 1. The Morgan fingerprint density at radius 2 is 2.28 bits per heavy atom. The molecule has 0 fully saturated rings. The van der Waals surface area contributed by atoms with Crippen molar-refractivity contribution in [3.63, 3.8) is 0 Å². The first-order valence-electron chi connectivity index (χ1n) is 5.56. The molecule has 1 aromatic heterocycles. The molecule has 18 heavy (non-hydrogen) atoms. The lowest BCUT2D eigenvalue weighted by Gasteiger charge is -2.14. The molecule has 2 aromatic rings. The smallest absolute Gasteiger partial charge is 0.119 e. The van der Waals surface area contributed by atoms with Crippen LogP contribution in [0, 0.1) is 0 Å². The predicted octanol–water partition coefficient (Wildman–Crippen LogP) is 3.27. The SMILES string of the molecule is COc1cccc(CC(NN)c2cc(Br)cs2)c1. The van der Waals surface area contributed by atoms with Gasteiger partial charge in [-0.2, -0.15) is 0 Å². The number of methoxy groups -OCH3 is 1. The Balaban J connectivity index is 2.14. The molecule has 1 unspecified atom stereocenters. The molecule has 0 saturated carbocycles. The average molecular weight is 327 g/mol. The summed E-state index contributed by atoms with van der Waals surface area (Å²) in [6.45, 7) is 0. The van der Waals surface area contributed by atoms with Crippen LogP contribution in [0.4, 0.5) is 0 Å². The number of thiophene rings is 1. The fourth-order valence-corrected chi connectivity index (χ4v) is 3.29. The van der Waals surface area contributed by atoms with Crippen molar-refractivity contribution in [3.05, 3.63) is 50.6 Å². The van der Waals surface area contributed by atoms with Crippen molar-refractivity contribution >= 4 is 27.3 Å². The lowest BCUT2D eigenvalue weighted by Crippen LogP contribution is -2.28. The summed E-state index contributed by atoms with van der Waals surface area (Å²) >= 11 is 5.15. The van der Waals surface area contributed by atoms with Crippen LogP contribution in [0.15, 0.2) is 40.2 Å². The van der Waals surface area contributed by atoms with E-state index < -0.39 is 0 Å². The van der Waals surface area contributed by atoms with Crippen LogP contribution in [-0.2, 0) is 6.42 Å². The van der Waals surface area contributed by atoms with Crippen molar-refractivity contribution in [1.82, 2.24) is 5.43 Å². The van der Waals surface area contributed by atoms with Gasteiger partial charge in [0.1, 0.15) is 5.75 Å². The average Bonchev–Trinajstić information content (AvgIpc) is 2.82. The van der Waals surface area contributed by atoms with Gasteiger partial charge < -0.3 is 4.74 Å². The maximum Gasteiger partial charge on any atom is 0.119 e. The molecular weight excluding hydrogens is 312 g/mol. The number of hydrazine groups is 1. The predicted molar refractivity (Wildman–Crippen MR) is 78.8 cm³/mol. The highest BCUT2D eigenvalue weighted by molar-refractivity contribution is 9.10. The molecule has 5 heteroatoms. The summed E-state index contributed by atoms with van der Waals surface area (Å²) in [5, 5.41) is 2.06. The van der Waals surface area contributed by atoms with Gasteiger partial charge in [-0.05, 0) is 46.1 Å². The van der Waals surface area contributed by atoms with Gasteiger partial charge in [-0.25, -0.2) is 0 Å². The van der Waals surface area contributed by atoms with E-state index in [0.29, 0.717) is 0 Å². The summed E-state index contributed by atoms with van der Waals surface area (Å²) in [6.07, 6.45) is 0.834. The van der Waals surface area contributed by atoms with Crippen LogP contribution >= 0.6 is 27.3 Å². The zero-order chi connectivity index (χ0) is 13.0. The Bertz CT molecular complexity index is 515. The van der Waals surface area contributed by atoms with E-state index in [9.17, 15) is 0 Å². The molecule has 0 saturated heterocycles. The van der Waals surface area contributed by atoms with Crippen LogP contribution in [0.1, 0.15) is 16.5 Å². The highest BCUT2D eigenvalue weighted by atomic mass is 79.9. The van der Waals surface area contributed by atoms with Gasteiger partial charge in [-0.1, -0.05) is 12.1 Å². The van der Waals surface area contributed by atoms with Crippen LogP contribution in [0.3, 0.4) is 0 Å². The summed E-state index contributed by atoms with van der Waals surface area (Å²) in [6, 6.07) is 10.3. The second-order valence-corrected chi connectivity index (χ2v) is 5.80. The maximum atomic E-state index is 5.64. The van der Waals surface area contributed by atoms with Gasteiger partial charge in [0.05, 0.1) is 13.2 Å². The topological polar surface area (TPSA) is 47.3 Å². The van der Waals surface area contributed by atoms with Gasteiger partial charge in [-0.15, -0.1) is 11.3 Å². The number of hydrogen-bond donors (Lipinski definition) is 2. The highest BCUT2D eigenvalue weighted by Gasteiger charge is 2.13. The molecule has 1 aromatic carbocycles. The molecule has 0 amide bonds. The van der Waals surface area contributed by atoms with E-state index >= 15 is 0 Å². The van der Waals surface area contributed by atoms with Crippen molar-refractivity contribution in [2.45, 2.75) is 12.5 Å². The first-order chi connectivity index (χ1) is 8.72. The minimum atomic E-state index is 0.119. The van der Waals surface area contributed by atoms with Crippen molar-refractivity contribution in [2.24, 2.45) is 5.84 Å².